The van der Waals surface area contributed by atoms with Crippen molar-refractivity contribution in [3.63, 3.8) is 0 Å². The van der Waals surface area contributed by atoms with Gasteiger partial charge in [0.15, 0.2) is 5.82 Å². The largest absolute Gasteiger partial charge is 0.382 e. The number of nitrogens with two attached hydrogens (primary N) is 1. The molecular weight excluding hydrogens is 254 g/mol. The second-order valence-corrected chi connectivity index (χ2v) is 4.12. The number of rotatable bonds is 1. The Morgan fingerprint density at radius 1 is 1.39 bits per heavy atom. The molecule has 7 heteroatoms. The fraction of sp³-hybridized carbons (Fsp3) is 0. The van der Waals surface area contributed by atoms with Crippen LogP contribution in [0.5, 0.6) is 0 Å². The van der Waals surface area contributed by atoms with Crippen LogP contribution < -0.4 is 11.3 Å². The number of nitrogens with zero attached hydrogens (tertiary/aromatic N) is 3. The van der Waals surface area contributed by atoms with Crippen molar-refractivity contribution in [2.45, 2.75) is 0 Å². The molecule has 3 aromatic heterocycles. The summed E-state index contributed by atoms with van der Waals surface area (Å²) in [7, 11) is 0. The Labute approximate surface area is 106 Å². The first-order valence-electron chi connectivity index (χ1n) is 5.13. The van der Waals surface area contributed by atoms with Crippen LogP contribution in [0, 0.1) is 0 Å². The van der Waals surface area contributed by atoms with Crippen LogP contribution in [0.2, 0.25) is 5.02 Å². The zero-order chi connectivity index (χ0) is 12.7. The van der Waals surface area contributed by atoms with Gasteiger partial charge < -0.3 is 5.73 Å². The first-order valence-corrected chi connectivity index (χ1v) is 5.51. The summed E-state index contributed by atoms with van der Waals surface area (Å²) in [6.07, 6.45) is 4.66. The van der Waals surface area contributed by atoms with E-state index in [2.05, 4.69) is 15.2 Å². The van der Waals surface area contributed by atoms with Gasteiger partial charge in [-0.2, -0.15) is 5.10 Å². The molecule has 0 aromatic carbocycles. The number of halogens is 1. The highest BCUT2D eigenvalue weighted by molar-refractivity contribution is 6.32. The van der Waals surface area contributed by atoms with Gasteiger partial charge in [0.2, 0.25) is 0 Å². The van der Waals surface area contributed by atoms with Gasteiger partial charge in [-0.15, -0.1) is 0 Å². The molecule has 18 heavy (non-hydrogen) atoms. The summed E-state index contributed by atoms with van der Waals surface area (Å²) in [5.74, 6) is 0.175. The predicted octanol–water partition coefficient (Wildman–Crippen LogP) is 1.34. The van der Waals surface area contributed by atoms with Gasteiger partial charge in [0.25, 0.3) is 5.56 Å². The molecule has 0 amide bonds. The summed E-state index contributed by atoms with van der Waals surface area (Å²) < 4.78 is 1.41. The van der Waals surface area contributed by atoms with Crippen LogP contribution in [0.4, 0.5) is 5.82 Å². The third kappa shape index (κ3) is 1.46. The van der Waals surface area contributed by atoms with E-state index >= 15 is 0 Å². The zero-order valence-corrected chi connectivity index (χ0v) is 9.85. The fourth-order valence-corrected chi connectivity index (χ4v) is 2.02. The van der Waals surface area contributed by atoms with Gasteiger partial charge in [0.05, 0.1) is 16.2 Å². The number of pyridine rings is 2. The number of aromatic amines is 1. The number of H-pyrrole nitrogens is 1. The molecule has 0 unspecified atom stereocenters. The van der Waals surface area contributed by atoms with Crippen LogP contribution in [0.25, 0.3) is 16.6 Å². The Morgan fingerprint density at radius 2 is 2.22 bits per heavy atom. The summed E-state index contributed by atoms with van der Waals surface area (Å²) in [4.78, 5) is 16.2. The summed E-state index contributed by atoms with van der Waals surface area (Å²) in [6, 6.07) is 3.38. The van der Waals surface area contributed by atoms with E-state index in [0.717, 1.165) is 0 Å². The van der Waals surface area contributed by atoms with E-state index in [4.69, 9.17) is 17.3 Å². The van der Waals surface area contributed by atoms with Crippen molar-refractivity contribution in [2.75, 3.05) is 5.73 Å². The van der Waals surface area contributed by atoms with Crippen LogP contribution in [0.3, 0.4) is 0 Å². The van der Waals surface area contributed by atoms with E-state index < -0.39 is 0 Å². The Hall–Kier alpha value is -2.34. The van der Waals surface area contributed by atoms with Crippen molar-refractivity contribution in [3.05, 3.63) is 46.1 Å². The SMILES string of the molecule is Nc1n[nH]c2ccn(-c3ccncc3Cl)c(=O)c12. The molecule has 0 radical (unpaired) electrons. The zero-order valence-electron chi connectivity index (χ0n) is 9.09. The van der Waals surface area contributed by atoms with E-state index in [1.54, 1.807) is 24.5 Å². The maximum Gasteiger partial charge on any atom is 0.268 e. The number of nitrogens with one attached hydrogen (secondary N) is 1. The normalized spacial score (nSPS) is 10.9. The number of hydrogen-bond donors (Lipinski definition) is 2. The molecule has 3 rings (SSSR count). The number of fused-ring (bicyclic) bond motifs is 1. The molecule has 3 heterocycles. The van der Waals surface area contributed by atoms with Crippen molar-refractivity contribution < 1.29 is 0 Å². The minimum Gasteiger partial charge on any atom is -0.382 e. The van der Waals surface area contributed by atoms with Crippen molar-refractivity contribution in [1.82, 2.24) is 19.7 Å². The first-order chi connectivity index (χ1) is 8.68. The van der Waals surface area contributed by atoms with E-state index in [1.807, 2.05) is 0 Å². The minimum atomic E-state index is -0.271. The molecule has 0 saturated heterocycles. The Balaban J connectivity index is 2.38. The van der Waals surface area contributed by atoms with Gasteiger partial charge >= 0.3 is 0 Å². The molecule has 0 atom stereocenters. The second-order valence-electron chi connectivity index (χ2n) is 3.72. The molecule has 6 nitrogen and oxygen atoms in total. The molecular formula is C11H8ClN5O. The number of anilines is 1. The standard InChI is InChI=1S/C11H8ClN5O/c12-6-5-14-3-1-8(6)17-4-2-7-9(11(17)18)10(13)16-15-7/h1-5H,(H3,13,15,16). The fourth-order valence-electron chi connectivity index (χ4n) is 1.81. The lowest BCUT2D eigenvalue weighted by Gasteiger charge is -2.06. The third-order valence-electron chi connectivity index (χ3n) is 2.66. The van der Waals surface area contributed by atoms with E-state index in [-0.39, 0.29) is 11.4 Å². The van der Waals surface area contributed by atoms with Crippen molar-refractivity contribution in [3.8, 4) is 5.69 Å². The van der Waals surface area contributed by atoms with Gasteiger partial charge in [-0.1, -0.05) is 11.6 Å². The van der Waals surface area contributed by atoms with Crippen LogP contribution in [0.15, 0.2) is 35.5 Å². The highest BCUT2D eigenvalue weighted by atomic mass is 35.5. The van der Waals surface area contributed by atoms with Crippen LogP contribution in [-0.4, -0.2) is 19.7 Å². The van der Waals surface area contributed by atoms with Crippen molar-refractivity contribution >= 4 is 28.3 Å². The van der Waals surface area contributed by atoms with Crippen LogP contribution in [-0.2, 0) is 0 Å². The highest BCUT2D eigenvalue weighted by Gasteiger charge is 2.11. The summed E-state index contributed by atoms with van der Waals surface area (Å²) in [6.45, 7) is 0. The van der Waals surface area contributed by atoms with Gasteiger partial charge in [-0.25, -0.2) is 0 Å². The van der Waals surface area contributed by atoms with Gasteiger partial charge in [-0.3, -0.25) is 19.4 Å². The molecule has 0 aliphatic carbocycles. The lowest BCUT2D eigenvalue weighted by atomic mass is 10.3. The molecule has 0 spiro atoms. The molecule has 90 valence electrons. The first kappa shape index (κ1) is 10.8. The van der Waals surface area contributed by atoms with E-state index in [1.165, 1.54) is 10.8 Å². The number of nitrogen functional groups attached to an aromatic ring is 1. The third-order valence-corrected chi connectivity index (χ3v) is 2.95. The van der Waals surface area contributed by atoms with Gasteiger partial charge in [-0.05, 0) is 12.1 Å². The second kappa shape index (κ2) is 3.85. The van der Waals surface area contributed by atoms with Gasteiger partial charge in [0.1, 0.15) is 5.39 Å². The topological polar surface area (TPSA) is 89.6 Å². The molecule has 3 aromatic rings. The molecule has 0 aliphatic heterocycles. The Morgan fingerprint density at radius 3 is 3.00 bits per heavy atom. The van der Waals surface area contributed by atoms with Gasteiger partial charge in [0, 0.05) is 18.6 Å². The molecule has 0 aliphatic rings. The number of aromatic nitrogens is 4. The smallest absolute Gasteiger partial charge is 0.268 e. The molecule has 3 N–H and O–H groups in total. The summed E-state index contributed by atoms with van der Waals surface area (Å²) in [5, 5.41) is 7.24. The summed E-state index contributed by atoms with van der Waals surface area (Å²) in [5.41, 5.74) is 6.54. The Bertz CT molecular complexity index is 791. The average molecular weight is 262 g/mol. The lowest BCUT2D eigenvalue weighted by molar-refractivity contribution is 1.00. The van der Waals surface area contributed by atoms with E-state index in [9.17, 15) is 4.79 Å². The number of hydrogen-bond acceptors (Lipinski definition) is 4. The lowest BCUT2D eigenvalue weighted by Crippen LogP contribution is -2.18. The maximum absolute atomic E-state index is 12.3. The Kier molecular flexibility index (Phi) is 2.31. The minimum absolute atomic E-state index is 0.175. The van der Waals surface area contributed by atoms with Crippen molar-refractivity contribution in [2.24, 2.45) is 0 Å². The quantitative estimate of drug-likeness (QED) is 0.692. The van der Waals surface area contributed by atoms with Crippen LogP contribution in [0.1, 0.15) is 0 Å². The highest BCUT2D eigenvalue weighted by Crippen LogP contribution is 2.19. The van der Waals surface area contributed by atoms with Crippen molar-refractivity contribution in [1.29, 1.82) is 0 Å². The average Bonchev–Trinajstić information content (AvgIpc) is 2.74. The summed E-state index contributed by atoms with van der Waals surface area (Å²) >= 11 is 6.02. The van der Waals surface area contributed by atoms with Crippen LogP contribution >= 0.6 is 11.6 Å². The molecule has 0 fully saturated rings. The molecule has 0 bridgehead atoms. The monoisotopic (exact) mass is 261 g/mol. The predicted molar refractivity (Wildman–Crippen MR) is 68.9 cm³/mol. The maximum atomic E-state index is 12.3. The molecule has 0 saturated carbocycles. The van der Waals surface area contributed by atoms with E-state index in [0.29, 0.717) is 21.6 Å².